The Morgan fingerprint density at radius 1 is 1.24 bits per heavy atom. The van der Waals surface area contributed by atoms with Crippen LogP contribution in [0, 0.1) is 0 Å². The van der Waals surface area contributed by atoms with Crippen molar-refractivity contribution in [1.82, 2.24) is 15.1 Å². The lowest BCUT2D eigenvalue weighted by Gasteiger charge is -2.35. The van der Waals surface area contributed by atoms with Crippen LogP contribution in [-0.4, -0.2) is 73.7 Å². The smallest absolute Gasteiger partial charge is 0.223 e. The molecular formula is C16H31N3O2. The molecule has 0 spiro atoms. The summed E-state index contributed by atoms with van der Waals surface area (Å²) >= 11 is 0. The molecule has 1 amide bonds. The van der Waals surface area contributed by atoms with Gasteiger partial charge in [-0.1, -0.05) is 0 Å². The van der Waals surface area contributed by atoms with Crippen LogP contribution in [0.4, 0.5) is 0 Å². The van der Waals surface area contributed by atoms with E-state index in [1.165, 1.54) is 19.3 Å². The molecule has 1 unspecified atom stereocenters. The van der Waals surface area contributed by atoms with Crippen molar-refractivity contribution in [3.05, 3.63) is 0 Å². The second-order valence-corrected chi connectivity index (χ2v) is 6.48. The molecule has 0 aromatic heterocycles. The molecule has 2 rings (SSSR count). The third kappa shape index (κ3) is 5.57. The van der Waals surface area contributed by atoms with Gasteiger partial charge in [0.05, 0.1) is 12.7 Å². The van der Waals surface area contributed by atoms with Gasteiger partial charge in [-0.05, 0) is 33.1 Å². The predicted molar refractivity (Wildman–Crippen MR) is 84.4 cm³/mol. The molecule has 2 heterocycles. The van der Waals surface area contributed by atoms with Crippen LogP contribution >= 0.6 is 0 Å². The van der Waals surface area contributed by atoms with Crippen LogP contribution in [0.5, 0.6) is 0 Å². The summed E-state index contributed by atoms with van der Waals surface area (Å²) in [5.74, 6) is 0.301. The zero-order valence-corrected chi connectivity index (χ0v) is 13.6. The fourth-order valence-electron chi connectivity index (χ4n) is 3.09. The lowest BCUT2D eigenvalue weighted by molar-refractivity contribution is -0.132. The van der Waals surface area contributed by atoms with Crippen molar-refractivity contribution in [3.8, 4) is 0 Å². The summed E-state index contributed by atoms with van der Waals surface area (Å²) in [5.41, 5.74) is 0. The maximum absolute atomic E-state index is 12.0. The van der Waals surface area contributed by atoms with Crippen molar-refractivity contribution >= 4 is 5.91 Å². The number of morpholine rings is 1. The first-order valence-electron chi connectivity index (χ1n) is 8.51. The first-order chi connectivity index (χ1) is 10.2. The molecule has 1 N–H and O–H groups in total. The molecule has 0 aromatic carbocycles. The van der Waals surface area contributed by atoms with Crippen LogP contribution in [0.15, 0.2) is 0 Å². The fourth-order valence-corrected chi connectivity index (χ4v) is 3.09. The standard InChI is InChI=1S/C16H31N3O2/c1-14(2)19-10-11-21-15(13-19)12-17-7-6-16(20)18-8-4-3-5-9-18/h14-15,17H,3-13H2,1-2H3. The van der Waals surface area contributed by atoms with Crippen molar-refractivity contribution in [2.45, 2.75) is 51.7 Å². The number of hydrogen-bond acceptors (Lipinski definition) is 4. The highest BCUT2D eigenvalue weighted by Crippen LogP contribution is 2.10. The summed E-state index contributed by atoms with van der Waals surface area (Å²) in [4.78, 5) is 16.5. The number of nitrogens with zero attached hydrogens (tertiary/aromatic N) is 2. The summed E-state index contributed by atoms with van der Waals surface area (Å²) in [7, 11) is 0. The number of carbonyl (C=O) groups is 1. The molecule has 0 radical (unpaired) electrons. The Morgan fingerprint density at radius 3 is 2.71 bits per heavy atom. The summed E-state index contributed by atoms with van der Waals surface area (Å²) in [6.07, 6.45) is 4.47. The number of piperidine rings is 1. The minimum Gasteiger partial charge on any atom is -0.374 e. The normalized spacial score (nSPS) is 24.5. The molecule has 2 fully saturated rings. The SMILES string of the molecule is CC(C)N1CCOC(CNCCC(=O)N2CCCCC2)C1. The van der Waals surface area contributed by atoms with E-state index in [1.54, 1.807) is 0 Å². The van der Waals surface area contributed by atoms with Crippen molar-refractivity contribution in [1.29, 1.82) is 0 Å². The molecule has 122 valence electrons. The number of hydrogen-bond donors (Lipinski definition) is 1. The fraction of sp³-hybridized carbons (Fsp3) is 0.938. The van der Waals surface area contributed by atoms with Gasteiger partial charge in [-0.25, -0.2) is 0 Å². The van der Waals surface area contributed by atoms with E-state index in [1.807, 2.05) is 4.90 Å². The predicted octanol–water partition coefficient (Wildman–Crippen LogP) is 1.09. The van der Waals surface area contributed by atoms with Gasteiger partial charge < -0.3 is 15.0 Å². The number of carbonyl (C=O) groups excluding carboxylic acids is 1. The van der Waals surface area contributed by atoms with Gasteiger partial charge in [-0.2, -0.15) is 0 Å². The minimum atomic E-state index is 0.256. The zero-order valence-electron chi connectivity index (χ0n) is 13.6. The average Bonchev–Trinajstić information content (AvgIpc) is 2.52. The van der Waals surface area contributed by atoms with Gasteiger partial charge in [-0.15, -0.1) is 0 Å². The van der Waals surface area contributed by atoms with Gasteiger partial charge >= 0.3 is 0 Å². The molecule has 2 aliphatic rings. The van der Waals surface area contributed by atoms with Gasteiger partial charge in [0.25, 0.3) is 0 Å². The van der Waals surface area contributed by atoms with E-state index in [2.05, 4.69) is 24.1 Å². The highest BCUT2D eigenvalue weighted by Gasteiger charge is 2.22. The molecule has 0 aliphatic carbocycles. The van der Waals surface area contributed by atoms with E-state index >= 15 is 0 Å². The third-order valence-electron chi connectivity index (χ3n) is 4.50. The van der Waals surface area contributed by atoms with Crippen molar-refractivity contribution in [2.24, 2.45) is 0 Å². The lowest BCUT2D eigenvalue weighted by atomic mass is 10.1. The van der Waals surface area contributed by atoms with E-state index in [0.717, 1.165) is 45.9 Å². The largest absolute Gasteiger partial charge is 0.374 e. The van der Waals surface area contributed by atoms with Crippen molar-refractivity contribution < 1.29 is 9.53 Å². The number of rotatable bonds is 6. The average molecular weight is 297 g/mol. The van der Waals surface area contributed by atoms with Crippen LogP contribution in [0.3, 0.4) is 0 Å². The number of likely N-dealkylation sites (tertiary alicyclic amines) is 1. The van der Waals surface area contributed by atoms with Crippen molar-refractivity contribution in [2.75, 3.05) is 45.9 Å². The van der Waals surface area contributed by atoms with Crippen molar-refractivity contribution in [3.63, 3.8) is 0 Å². The second kappa shape index (κ2) is 8.71. The first kappa shape index (κ1) is 16.7. The quantitative estimate of drug-likeness (QED) is 0.746. The maximum atomic E-state index is 12.0. The van der Waals surface area contributed by atoms with E-state index in [9.17, 15) is 4.79 Å². The summed E-state index contributed by atoms with van der Waals surface area (Å²) in [6, 6.07) is 0.581. The topological polar surface area (TPSA) is 44.8 Å². The number of ether oxygens (including phenoxy) is 1. The molecule has 2 saturated heterocycles. The lowest BCUT2D eigenvalue weighted by Crippen LogP contribution is -2.49. The Hall–Kier alpha value is -0.650. The van der Waals surface area contributed by atoms with Gasteiger partial charge in [0.1, 0.15) is 0 Å². The van der Waals surface area contributed by atoms with E-state index < -0.39 is 0 Å². The van der Waals surface area contributed by atoms with Crippen LogP contribution < -0.4 is 5.32 Å². The molecule has 5 heteroatoms. The first-order valence-corrected chi connectivity index (χ1v) is 8.51. The third-order valence-corrected chi connectivity index (χ3v) is 4.50. The van der Waals surface area contributed by atoms with Gasteiger partial charge in [0.15, 0.2) is 0 Å². The summed E-state index contributed by atoms with van der Waals surface area (Å²) < 4.78 is 5.78. The molecule has 5 nitrogen and oxygen atoms in total. The number of nitrogens with one attached hydrogen (secondary N) is 1. The molecule has 0 saturated carbocycles. The Kier molecular flexibility index (Phi) is 6.93. The van der Waals surface area contributed by atoms with Gasteiger partial charge in [-0.3, -0.25) is 9.69 Å². The van der Waals surface area contributed by atoms with E-state index in [4.69, 9.17) is 4.74 Å². The Labute approximate surface area is 129 Å². The van der Waals surface area contributed by atoms with Gasteiger partial charge in [0.2, 0.25) is 5.91 Å². The van der Waals surface area contributed by atoms with E-state index in [-0.39, 0.29) is 6.10 Å². The van der Waals surface area contributed by atoms with Gasteiger partial charge in [0, 0.05) is 51.7 Å². The molecular weight excluding hydrogens is 266 g/mol. The highest BCUT2D eigenvalue weighted by molar-refractivity contribution is 5.76. The molecule has 1 atom stereocenters. The molecule has 21 heavy (non-hydrogen) atoms. The second-order valence-electron chi connectivity index (χ2n) is 6.48. The Bertz CT molecular complexity index is 317. The van der Waals surface area contributed by atoms with Crippen LogP contribution in [-0.2, 0) is 9.53 Å². The highest BCUT2D eigenvalue weighted by atomic mass is 16.5. The molecule has 0 aromatic rings. The van der Waals surface area contributed by atoms with E-state index in [0.29, 0.717) is 18.4 Å². The monoisotopic (exact) mass is 297 g/mol. The summed E-state index contributed by atoms with van der Waals surface area (Å²) in [6.45, 7) is 10.8. The molecule has 2 aliphatic heterocycles. The van der Waals surface area contributed by atoms with Crippen LogP contribution in [0.1, 0.15) is 39.5 Å². The molecule has 0 bridgehead atoms. The van der Waals surface area contributed by atoms with Crippen LogP contribution in [0.2, 0.25) is 0 Å². The minimum absolute atomic E-state index is 0.256. The Morgan fingerprint density at radius 2 is 2.00 bits per heavy atom. The summed E-state index contributed by atoms with van der Waals surface area (Å²) in [5, 5.41) is 3.39. The van der Waals surface area contributed by atoms with Crippen LogP contribution in [0.25, 0.3) is 0 Å². The maximum Gasteiger partial charge on any atom is 0.223 e. The zero-order chi connectivity index (χ0) is 15.1. The number of amides is 1. The Balaban J connectivity index is 1.57.